The van der Waals surface area contributed by atoms with Crippen LogP contribution in [0.4, 0.5) is 20.2 Å². The van der Waals surface area contributed by atoms with Crippen molar-refractivity contribution in [2.24, 2.45) is 0 Å². The molecule has 2 aliphatic heterocycles. The van der Waals surface area contributed by atoms with Crippen molar-refractivity contribution in [2.45, 2.75) is 90.1 Å². The maximum Gasteiger partial charge on any atom is 0.509 e. The van der Waals surface area contributed by atoms with Crippen LogP contribution in [0.3, 0.4) is 0 Å². The lowest BCUT2D eigenvalue weighted by Crippen LogP contribution is -2.51. The third kappa shape index (κ3) is 9.61. The van der Waals surface area contributed by atoms with E-state index in [1.165, 1.54) is 4.90 Å². The number of anilines is 1. The number of nitrogens with zero attached hydrogens (tertiary/aromatic N) is 3. The molecule has 246 valence electrons. The van der Waals surface area contributed by atoms with Gasteiger partial charge in [-0.15, -0.1) is 0 Å². The largest absolute Gasteiger partial charge is 0.509 e. The van der Waals surface area contributed by atoms with E-state index in [1.807, 2.05) is 23.1 Å². The zero-order valence-corrected chi connectivity index (χ0v) is 26.9. The fourth-order valence-corrected chi connectivity index (χ4v) is 5.00. The molecular weight excluding hydrogens is 584 g/mol. The Kier molecular flexibility index (Phi) is 10.3. The highest BCUT2D eigenvalue weighted by Gasteiger charge is 2.50. The van der Waals surface area contributed by atoms with Crippen molar-refractivity contribution in [1.82, 2.24) is 15.2 Å². The van der Waals surface area contributed by atoms with Crippen LogP contribution in [-0.2, 0) is 31.9 Å². The van der Waals surface area contributed by atoms with Gasteiger partial charge in [0.1, 0.15) is 22.8 Å². The van der Waals surface area contributed by atoms with Crippen LogP contribution in [0.5, 0.6) is 5.75 Å². The number of carbonyl (C=O) groups is 3. The van der Waals surface area contributed by atoms with Crippen LogP contribution >= 0.6 is 0 Å². The number of likely N-dealkylation sites (tertiary alicyclic amines) is 1. The predicted octanol–water partition coefficient (Wildman–Crippen LogP) is 4.05. The number of ether oxygens (including phenoxy) is 5. The average Bonchev–Trinajstić information content (AvgIpc) is 3.24. The lowest BCUT2D eigenvalue weighted by molar-refractivity contribution is -0.0518. The van der Waals surface area contributed by atoms with Crippen LogP contribution in [-0.4, -0.2) is 95.6 Å². The number of carbonyl (C=O) groups excluding carboxylic acids is 3. The van der Waals surface area contributed by atoms with Gasteiger partial charge >= 0.3 is 18.3 Å². The second-order valence-corrected chi connectivity index (χ2v) is 13.2. The molecule has 0 unspecified atom stereocenters. The molecule has 4 rings (SSSR count). The smallest absolute Gasteiger partial charge is 0.497 e. The lowest BCUT2D eigenvalue weighted by Gasteiger charge is -2.36. The Morgan fingerprint density at radius 2 is 1.60 bits per heavy atom. The molecule has 2 aliphatic rings. The number of aliphatic hydroxyl groups is 1. The molecule has 2 aromatic rings. The van der Waals surface area contributed by atoms with Gasteiger partial charge in [-0.1, -0.05) is 12.1 Å². The topological polar surface area (TPSA) is 149 Å². The number of amides is 2. The first-order valence-electron chi connectivity index (χ1n) is 14.9. The first-order valence-corrected chi connectivity index (χ1v) is 14.9. The third-order valence-corrected chi connectivity index (χ3v) is 7.07. The molecule has 2 fully saturated rings. The number of rotatable bonds is 8. The number of alkyl carbamates (subject to hydrolysis) is 1. The number of pyridine rings is 1. The first kappa shape index (κ1) is 33.6. The van der Waals surface area contributed by atoms with E-state index in [2.05, 4.69) is 10.3 Å². The summed E-state index contributed by atoms with van der Waals surface area (Å²) >= 11 is 0. The monoisotopic (exact) mass is 628 g/mol. The standard InChI is InChI=1S/C32H44N4O9/c1-31(2,3)44-29(39)36-19-25(42-30(40)45-32(4,5)6)27(24(36)14-20-8-10-23(41-7)11-9-20)43-28(38)34-16-21-12-13-33-26(15-21)35-17-22(37)18-35/h8-13,15,22,24-25,27,37H,14,16-19H2,1-7H3,(H,34,38)/t24-,25+,27+/m1/s1. The molecule has 0 radical (unpaired) electrons. The molecular formula is C32H44N4O9. The van der Waals surface area contributed by atoms with E-state index in [1.54, 1.807) is 73.0 Å². The summed E-state index contributed by atoms with van der Waals surface area (Å²) in [5.74, 6) is 1.36. The van der Waals surface area contributed by atoms with Gasteiger partial charge in [-0.3, -0.25) is 4.90 Å². The number of hydrogen-bond donors (Lipinski definition) is 2. The molecule has 0 bridgehead atoms. The van der Waals surface area contributed by atoms with Gasteiger partial charge in [0.2, 0.25) is 0 Å². The van der Waals surface area contributed by atoms with Crippen molar-refractivity contribution in [2.75, 3.05) is 31.6 Å². The number of benzene rings is 1. The molecule has 3 heterocycles. The number of methoxy groups -OCH3 is 1. The van der Waals surface area contributed by atoms with Crippen LogP contribution in [0, 0.1) is 0 Å². The van der Waals surface area contributed by atoms with Gasteiger partial charge in [-0.05, 0) is 83.4 Å². The SMILES string of the molecule is COc1ccc(C[C@@H]2[C@H](OC(=O)NCc3ccnc(N4CC(O)C4)c3)[C@@H](OC(=O)OC(C)(C)C)CN2C(=O)OC(C)(C)C)cc1. The van der Waals surface area contributed by atoms with E-state index in [0.29, 0.717) is 24.7 Å². The Hall–Kier alpha value is -4.26. The van der Waals surface area contributed by atoms with Crippen molar-refractivity contribution < 1.29 is 43.2 Å². The van der Waals surface area contributed by atoms with Crippen LogP contribution < -0.4 is 15.0 Å². The fourth-order valence-electron chi connectivity index (χ4n) is 5.00. The summed E-state index contributed by atoms with van der Waals surface area (Å²) in [7, 11) is 1.57. The van der Waals surface area contributed by atoms with Crippen LogP contribution in [0.25, 0.3) is 0 Å². The molecule has 2 amide bonds. The Morgan fingerprint density at radius 1 is 0.933 bits per heavy atom. The van der Waals surface area contributed by atoms with Crippen molar-refractivity contribution >= 4 is 24.2 Å². The molecule has 0 aliphatic carbocycles. The second kappa shape index (κ2) is 13.8. The van der Waals surface area contributed by atoms with E-state index in [9.17, 15) is 19.5 Å². The highest BCUT2D eigenvalue weighted by Crippen LogP contribution is 2.30. The van der Waals surface area contributed by atoms with Crippen LogP contribution in [0.2, 0.25) is 0 Å². The molecule has 0 saturated carbocycles. The van der Waals surface area contributed by atoms with Crippen molar-refractivity contribution in [1.29, 1.82) is 0 Å². The zero-order chi connectivity index (χ0) is 32.9. The van der Waals surface area contributed by atoms with Gasteiger partial charge in [0, 0.05) is 25.8 Å². The molecule has 2 N–H and O–H groups in total. The molecule has 45 heavy (non-hydrogen) atoms. The fraction of sp³-hybridized carbons (Fsp3) is 0.562. The van der Waals surface area contributed by atoms with Gasteiger partial charge < -0.3 is 39.0 Å². The third-order valence-electron chi connectivity index (χ3n) is 7.07. The van der Waals surface area contributed by atoms with Gasteiger partial charge in [0.25, 0.3) is 0 Å². The summed E-state index contributed by atoms with van der Waals surface area (Å²) in [6.07, 6.45) is -2.91. The summed E-state index contributed by atoms with van der Waals surface area (Å²) < 4.78 is 27.9. The van der Waals surface area contributed by atoms with Gasteiger partial charge in [0.15, 0.2) is 12.2 Å². The molecule has 1 aromatic carbocycles. The number of nitrogens with one attached hydrogen (secondary N) is 1. The van der Waals surface area contributed by atoms with E-state index in [-0.39, 0.29) is 25.6 Å². The number of hydrogen-bond acceptors (Lipinski definition) is 11. The molecule has 13 heteroatoms. The Bertz CT molecular complexity index is 1330. The highest BCUT2D eigenvalue weighted by molar-refractivity contribution is 5.71. The van der Waals surface area contributed by atoms with Gasteiger partial charge in [-0.2, -0.15) is 0 Å². The van der Waals surface area contributed by atoms with E-state index >= 15 is 0 Å². The summed E-state index contributed by atoms with van der Waals surface area (Å²) in [4.78, 5) is 47.1. The Balaban J connectivity index is 1.55. The molecule has 0 spiro atoms. The van der Waals surface area contributed by atoms with Crippen molar-refractivity contribution in [3.8, 4) is 5.75 Å². The normalized spacial score (nSPS) is 20.2. The number of aliphatic hydroxyl groups excluding tert-OH is 1. The predicted molar refractivity (Wildman–Crippen MR) is 164 cm³/mol. The highest BCUT2D eigenvalue weighted by atomic mass is 16.7. The number of aromatic nitrogens is 1. The zero-order valence-electron chi connectivity index (χ0n) is 26.9. The summed E-state index contributed by atoms with van der Waals surface area (Å²) in [5, 5.41) is 12.4. The maximum atomic E-state index is 13.4. The summed E-state index contributed by atoms with van der Waals surface area (Å²) in [5.41, 5.74) is -0.0102. The van der Waals surface area contributed by atoms with E-state index in [0.717, 1.165) is 11.1 Å². The first-order chi connectivity index (χ1) is 21.1. The second-order valence-electron chi connectivity index (χ2n) is 13.2. The molecule has 2 saturated heterocycles. The summed E-state index contributed by atoms with van der Waals surface area (Å²) in [6.45, 7) is 11.4. The lowest BCUT2D eigenvalue weighted by atomic mass is 10.0. The summed E-state index contributed by atoms with van der Waals surface area (Å²) in [6, 6.07) is 10.1. The van der Waals surface area contributed by atoms with Crippen LogP contribution in [0.15, 0.2) is 42.6 Å². The minimum Gasteiger partial charge on any atom is -0.497 e. The van der Waals surface area contributed by atoms with E-state index in [4.69, 9.17) is 23.7 Å². The number of β-amino-alcohol motifs (C(OH)–C–C–N with tert-alkyl or cyclic N) is 1. The Labute approximate surface area is 263 Å². The average molecular weight is 629 g/mol. The molecule has 3 atom stereocenters. The molecule has 1 aromatic heterocycles. The minimum atomic E-state index is -1.05. The van der Waals surface area contributed by atoms with Gasteiger partial charge in [-0.25, -0.2) is 19.4 Å². The minimum absolute atomic E-state index is 0.0810. The van der Waals surface area contributed by atoms with E-state index < -0.39 is 47.8 Å². The quantitative estimate of drug-likeness (QED) is 0.322. The van der Waals surface area contributed by atoms with Gasteiger partial charge in [0.05, 0.1) is 25.8 Å². The molecule has 13 nitrogen and oxygen atoms in total. The maximum absolute atomic E-state index is 13.4. The van der Waals surface area contributed by atoms with Crippen molar-refractivity contribution in [3.05, 3.63) is 53.7 Å². The van der Waals surface area contributed by atoms with Crippen molar-refractivity contribution in [3.63, 3.8) is 0 Å². The Morgan fingerprint density at radius 3 is 2.20 bits per heavy atom. The van der Waals surface area contributed by atoms with Crippen LogP contribution in [0.1, 0.15) is 52.7 Å².